The average molecular weight is 472 g/mol. The zero-order valence-corrected chi connectivity index (χ0v) is 20.2. The zero-order chi connectivity index (χ0) is 24.2. The van der Waals surface area contributed by atoms with E-state index in [4.69, 9.17) is 0 Å². The standard InChI is InChI=1S/C25H27F2N3O2S/c1-6-15-14-24(2,3)25(4,20-11-8-12-21(28-20)33(5,31)32)23-16(15)13-19(29-30-23)22-17(26)9-7-10-18(22)27/h7-13,15H,6,14H2,1-5H3/t15-,25+/m1/s1. The van der Waals surface area contributed by atoms with Crippen LogP contribution in [0.4, 0.5) is 8.78 Å². The molecule has 4 rings (SSSR count). The van der Waals surface area contributed by atoms with E-state index in [0.29, 0.717) is 11.4 Å². The van der Waals surface area contributed by atoms with Crippen LogP contribution < -0.4 is 0 Å². The number of aromatic nitrogens is 3. The summed E-state index contributed by atoms with van der Waals surface area (Å²) < 4.78 is 53.3. The molecular weight excluding hydrogens is 444 g/mol. The molecule has 0 fully saturated rings. The van der Waals surface area contributed by atoms with Gasteiger partial charge in [0.15, 0.2) is 14.9 Å². The third kappa shape index (κ3) is 3.74. The van der Waals surface area contributed by atoms with Crippen molar-refractivity contribution in [2.24, 2.45) is 5.41 Å². The van der Waals surface area contributed by atoms with Crippen molar-refractivity contribution in [2.75, 3.05) is 6.26 Å². The van der Waals surface area contributed by atoms with Gasteiger partial charge in [0.2, 0.25) is 0 Å². The molecule has 0 spiro atoms. The van der Waals surface area contributed by atoms with E-state index in [2.05, 4.69) is 36.0 Å². The maximum absolute atomic E-state index is 14.5. The Balaban J connectivity index is 1.98. The van der Waals surface area contributed by atoms with Crippen molar-refractivity contribution >= 4 is 9.84 Å². The summed E-state index contributed by atoms with van der Waals surface area (Å²) in [5.41, 5.74) is 0.916. The second-order valence-corrected chi connectivity index (χ2v) is 11.5. The van der Waals surface area contributed by atoms with Gasteiger partial charge in [-0.15, -0.1) is 5.10 Å². The lowest BCUT2D eigenvalue weighted by Crippen LogP contribution is -2.47. The van der Waals surface area contributed by atoms with Crippen LogP contribution in [-0.4, -0.2) is 29.9 Å². The Morgan fingerprint density at radius 2 is 1.67 bits per heavy atom. The van der Waals surface area contributed by atoms with Gasteiger partial charge < -0.3 is 0 Å². The second-order valence-electron chi connectivity index (χ2n) is 9.58. The summed E-state index contributed by atoms with van der Waals surface area (Å²) in [6, 6.07) is 10.4. The van der Waals surface area contributed by atoms with Crippen LogP contribution >= 0.6 is 0 Å². The number of halogens is 2. The van der Waals surface area contributed by atoms with Crippen molar-refractivity contribution in [1.82, 2.24) is 15.2 Å². The quantitative estimate of drug-likeness (QED) is 0.506. The molecule has 0 aliphatic heterocycles. The molecule has 0 N–H and O–H groups in total. The molecule has 8 heteroatoms. The first kappa shape index (κ1) is 23.4. The third-order valence-corrected chi connectivity index (χ3v) is 8.16. The highest BCUT2D eigenvalue weighted by Crippen LogP contribution is 2.56. The smallest absolute Gasteiger partial charge is 0.192 e. The SMILES string of the molecule is CC[C@@H]1CC(C)(C)[C@@](C)(c2cccc(S(C)(=O)=O)n2)c2nnc(-c3c(F)cccc3F)cc21. The van der Waals surface area contributed by atoms with Crippen molar-refractivity contribution in [3.05, 3.63) is 71.1 Å². The maximum Gasteiger partial charge on any atom is 0.192 e. The molecule has 0 radical (unpaired) electrons. The van der Waals surface area contributed by atoms with Gasteiger partial charge in [-0.1, -0.05) is 32.9 Å². The van der Waals surface area contributed by atoms with E-state index in [1.54, 1.807) is 18.2 Å². The van der Waals surface area contributed by atoms with Gasteiger partial charge in [-0.25, -0.2) is 22.2 Å². The topological polar surface area (TPSA) is 72.8 Å². The van der Waals surface area contributed by atoms with Crippen LogP contribution in [0.1, 0.15) is 63.4 Å². The number of rotatable bonds is 4. The summed E-state index contributed by atoms with van der Waals surface area (Å²) in [5, 5.41) is 8.75. The molecule has 0 saturated carbocycles. The molecule has 1 aromatic carbocycles. The predicted molar refractivity (Wildman–Crippen MR) is 123 cm³/mol. The van der Waals surface area contributed by atoms with Crippen molar-refractivity contribution in [2.45, 2.75) is 56.9 Å². The minimum atomic E-state index is -3.50. The van der Waals surface area contributed by atoms with E-state index in [9.17, 15) is 17.2 Å². The fourth-order valence-corrected chi connectivity index (χ4v) is 5.54. The summed E-state index contributed by atoms with van der Waals surface area (Å²) in [6.07, 6.45) is 2.71. The Bertz CT molecular complexity index is 1320. The molecule has 5 nitrogen and oxygen atoms in total. The molecule has 0 unspecified atom stereocenters. The van der Waals surface area contributed by atoms with Crippen LogP contribution in [0.15, 0.2) is 47.5 Å². The van der Waals surface area contributed by atoms with E-state index in [-0.39, 0.29) is 27.6 Å². The third-order valence-electron chi connectivity index (χ3n) is 7.17. The van der Waals surface area contributed by atoms with Gasteiger partial charge in [-0.3, -0.25) is 0 Å². The molecule has 1 aliphatic rings. The van der Waals surface area contributed by atoms with E-state index in [0.717, 1.165) is 24.7 Å². The summed E-state index contributed by atoms with van der Waals surface area (Å²) in [4.78, 5) is 4.52. The van der Waals surface area contributed by atoms with E-state index >= 15 is 0 Å². The second kappa shape index (κ2) is 7.94. The minimum Gasteiger partial charge on any atom is -0.240 e. The highest BCUT2D eigenvalue weighted by Gasteiger charge is 2.52. The van der Waals surface area contributed by atoms with Gasteiger partial charge in [-0.05, 0) is 67.0 Å². The summed E-state index contributed by atoms with van der Waals surface area (Å²) in [7, 11) is -3.50. The van der Waals surface area contributed by atoms with Crippen LogP contribution in [-0.2, 0) is 15.3 Å². The Morgan fingerprint density at radius 1 is 1.03 bits per heavy atom. The number of pyridine rings is 1. The highest BCUT2D eigenvalue weighted by molar-refractivity contribution is 7.90. The molecule has 0 amide bonds. The Kier molecular flexibility index (Phi) is 5.63. The summed E-state index contributed by atoms with van der Waals surface area (Å²) in [6.45, 7) is 8.28. The lowest BCUT2D eigenvalue weighted by molar-refractivity contribution is 0.152. The summed E-state index contributed by atoms with van der Waals surface area (Å²) >= 11 is 0. The molecule has 1 aliphatic carbocycles. The number of hydrogen-bond donors (Lipinski definition) is 0. The van der Waals surface area contributed by atoms with Crippen LogP contribution in [0.2, 0.25) is 0 Å². The fourth-order valence-electron chi connectivity index (χ4n) is 4.95. The van der Waals surface area contributed by atoms with Crippen LogP contribution in [0, 0.1) is 17.0 Å². The number of nitrogens with zero attached hydrogens (tertiary/aromatic N) is 3. The van der Waals surface area contributed by atoms with Crippen LogP contribution in [0.3, 0.4) is 0 Å². The highest BCUT2D eigenvalue weighted by atomic mass is 32.2. The van der Waals surface area contributed by atoms with Crippen LogP contribution in [0.5, 0.6) is 0 Å². The maximum atomic E-state index is 14.5. The van der Waals surface area contributed by atoms with Gasteiger partial charge in [0.1, 0.15) is 11.6 Å². The molecule has 0 bridgehead atoms. The Hall–Kier alpha value is -2.74. The lowest BCUT2D eigenvalue weighted by atomic mass is 9.54. The van der Waals surface area contributed by atoms with E-state index < -0.39 is 26.9 Å². The Morgan fingerprint density at radius 3 is 2.27 bits per heavy atom. The molecule has 2 aromatic heterocycles. The first-order chi connectivity index (χ1) is 15.4. The van der Waals surface area contributed by atoms with Gasteiger partial charge in [0.25, 0.3) is 0 Å². The number of benzene rings is 1. The summed E-state index contributed by atoms with van der Waals surface area (Å²) in [5.74, 6) is -1.29. The van der Waals surface area contributed by atoms with Crippen molar-refractivity contribution < 1.29 is 17.2 Å². The monoisotopic (exact) mass is 471 g/mol. The first-order valence-electron chi connectivity index (χ1n) is 10.9. The van der Waals surface area contributed by atoms with Crippen molar-refractivity contribution in [3.8, 4) is 11.3 Å². The molecule has 2 atom stereocenters. The van der Waals surface area contributed by atoms with Gasteiger partial charge in [-0.2, -0.15) is 5.10 Å². The predicted octanol–water partition coefficient (Wildman–Crippen LogP) is 5.45. The van der Waals surface area contributed by atoms with Gasteiger partial charge >= 0.3 is 0 Å². The lowest BCUT2D eigenvalue weighted by Gasteiger charge is -2.50. The Labute approximate surface area is 193 Å². The molecule has 0 saturated heterocycles. The molecule has 174 valence electrons. The average Bonchev–Trinajstić information content (AvgIpc) is 2.75. The largest absolute Gasteiger partial charge is 0.240 e. The minimum absolute atomic E-state index is 0.00537. The molecule has 2 heterocycles. The number of fused-ring (bicyclic) bond motifs is 1. The van der Waals surface area contributed by atoms with E-state index in [1.807, 2.05) is 6.92 Å². The van der Waals surface area contributed by atoms with Crippen molar-refractivity contribution in [3.63, 3.8) is 0 Å². The number of sulfone groups is 1. The van der Waals surface area contributed by atoms with Crippen LogP contribution in [0.25, 0.3) is 11.3 Å². The molecule has 33 heavy (non-hydrogen) atoms. The normalized spacial score (nSPS) is 22.1. The molecule has 3 aromatic rings. The fraction of sp³-hybridized carbons (Fsp3) is 0.400. The zero-order valence-electron chi connectivity index (χ0n) is 19.4. The van der Waals surface area contributed by atoms with Gasteiger partial charge in [0.05, 0.1) is 28.1 Å². The van der Waals surface area contributed by atoms with Crippen molar-refractivity contribution in [1.29, 1.82) is 0 Å². The van der Waals surface area contributed by atoms with E-state index in [1.165, 1.54) is 24.3 Å². The van der Waals surface area contributed by atoms with Gasteiger partial charge in [0, 0.05) is 6.26 Å². The first-order valence-corrected chi connectivity index (χ1v) is 12.8. The number of hydrogen-bond acceptors (Lipinski definition) is 5. The molecular formula is C25H27F2N3O2S.